The topological polar surface area (TPSA) is 75.3 Å². The van der Waals surface area contributed by atoms with Gasteiger partial charge in [0, 0.05) is 29.0 Å². The Hall–Kier alpha value is -1.35. The van der Waals surface area contributed by atoms with Gasteiger partial charge in [0.2, 0.25) is 15.9 Å². The number of hydrogen-bond donors (Lipinski definition) is 2. The average molecular weight is 371 g/mol. The number of hydrogen-bond acceptors (Lipinski definition) is 5. The Kier molecular flexibility index (Phi) is 6.64. The Morgan fingerprint density at radius 2 is 1.91 bits per heavy atom. The fraction of sp³-hybridized carbons (Fsp3) is 0.267. The van der Waals surface area contributed by atoms with E-state index in [4.69, 9.17) is 0 Å². The normalized spacial score (nSPS) is 11.3. The molecule has 8 heteroatoms. The molecule has 0 aliphatic rings. The molecule has 1 aromatic carbocycles. The molecule has 0 saturated carbocycles. The molecule has 0 unspecified atom stereocenters. The minimum Gasteiger partial charge on any atom is -0.351 e. The number of benzene rings is 1. The third-order valence-corrected chi connectivity index (χ3v) is 6.87. The van der Waals surface area contributed by atoms with Gasteiger partial charge in [-0.3, -0.25) is 4.79 Å². The van der Waals surface area contributed by atoms with Gasteiger partial charge in [0.05, 0.1) is 6.54 Å². The van der Waals surface area contributed by atoms with E-state index in [9.17, 15) is 13.2 Å². The molecule has 0 aliphatic heterocycles. The van der Waals surface area contributed by atoms with Crippen molar-refractivity contribution in [2.45, 2.75) is 22.6 Å². The first kappa shape index (κ1) is 18.0. The highest BCUT2D eigenvalue weighted by Crippen LogP contribution is 2.21. The summed E-state index contributed by atoms with van der Waals surface area (Å²) in [5.41, 5.74) is 0. The van der Waals surface area contributed by atoms with Gasteiger partial charge in [0.1, 0.15) is 4.21 Å². The minimum absolute atomic E-state index is 0.140. The molecule has 0 saturated heterocycles. The first-order chi connectivity index (χ1) is 11.0. The Morgan fingerprint density at radius 1 is 1.17 bits per heavy atom. The van der Waals surface area contributed by atoms with E-state index in [2.05, 4.69) is 10.0 Å². The Labute approximate surface area is 144 Å². The second-order valence-corrected chi connectivity index (χ2v) is 9.02. The summed E-state index contributed by atoms with van der Waals surface area (Å²) in [4.78, 5) is 12.8. The van der Waals surface area contributed by atoms with E-state index < -0.39 is 10.0 Å². The van der Waals surface area contributed by atoms with Crippen LogP contribution in [0.2, 0.25) is 0 Å². The van der Waals surface area contributed by atoms with E-state index in [0.717, 1.165) is 21.1 Å². The average Bonchev–Trinajstić information content (AvgIpc) is 3.00. The fourth-order valence-corrected chi connectivity index (χ4v) is 5.03. The van der Waals surface area contributed by atoms with E-state index in [1.54, 1.807) is 23.9 Å². The summed E-state index contributed by atoms with van der Waals surface area (Å²) < 4.78 is 27.3. The lowest BCUT2D eigenvalue weighted by Gasteiger charge is -2.05. The summed E-state index contributed by atoms with van der Waals surface area (Å²) in [6, 6.07) is 13.1. The SMILES string of the molecule is CC(=O)NCc1ccc(S(=O)(=O)NCCSc2ccccc2)s1. The van der Waals surface area contributed by atoms with Crippen molar-refractivity contribution in [3.8, 4) is 0 Å². The van der Waals surface area contributed by atoms with Crippen LogP contribution < -0.4 is 10.0 Å². The Bertz CT molecular complexity index is 742. The van der Waals surface area contributed by atoms with Gasteiger partial charge in [-0.05, 0) is 24.3 Å². The van der Waals surface area contributed by atoms with Gasteiger partial charge < -0.3 is 5.32 Å². The van der Waals surface area contributed by atoms with E-state index in [0.29, 0.717) is 18.8 Å². The van der Waals surface area contributed by atoms with E-state index in [-0.39, 0.29) is 10.1 Å². The molecular formula is C15H18N2O3S3. The lowest BCUT2D eigenvalue weighted by atomic mass is 10.4. The maximum absolute atomic E-state index is 12.2. The van der Waals surface area contributed by atoms with Gasteiger partial charge in [-0.15, -0.1) is 23.1 Å². The zero-order chi connectivity index (χ0) is 16.7. The highest BCUT2D eigenvalue weighted by molar-refractivity contribution is 7.99. The van der Waals surface area contributed by atoms with Crippen molar-refractivity contribution in [1.82, 2.24) is 10.0 Å². The second kappa shape index (κ2) is 8.49. The van der Waals surface area contributed by atoms with Crippen molar-refractivity contribution in [1.29, 1.82) is 0 Å². The summed E-state index contributed by atoms with van der Waals surface area (Å²) in [7, 11) is -3.49. The molecule has 1 heterocycles. The number of rotatable bonds is 8. The lowest BCUT2D eigenvalue weighted by Crippen LogP contribution is -2.25. The maximum Gasteiger partial charge on any atom is 0.250 e. The monoisotopic (exact) mass is 370 g/mol. The molecule has 2 aromatic rings. The first-order valence-corrected chi connectivity index (χ1v) is 10.3. The van der Waals surface area contributed by atoms with Crippen LogP contribution in [0, 0.1) is 0 Å². The predicted octanol–water partition coefficient (Wildman–Crippen LogP) is 2.45. The zero-order valence-corrected chi connectivity index (χ0v) is 15.1. The Morgan fingerprint density at radius 3 is 2.61 bits per heavy atom. The van der Waals surface area contributed by atoms with Crippen LogP contribution in [0.1, 0.15) is 11.8 Å². The fourth-order valence-electron chi connectivity index (χ4n) is 1.74. The zero-order valence-electron chi connectivity index (χ0n) is 12.6. The molecule has 124 valence electrons. The summed E-state index contributed by atoms with van der Waals surface area (Å²) in [6.07, 6.45) is 0. The number of carbonyl (C=O) groups is 1. The highest BCUT2D eigenvalue weighted by Gasteiger charge is 2.16. The number of thioether (sulfide) groups is 1. The van der Waals surface area contributed by atoms with Crippen molar-refractivity contribution in [2.75, 3.05) is 12.3 Å². The number of nitrogens with one attached hydrogen (secondary N) is 2. The van der Waals surface area contributed by atoms with Gasteiger partial charge in [0.15, 0.2) is 0 Å². The smallest absolute Gasteiger partial charge is 0.250 e. The van der Waals surface area contributed by atoms with Gasteiger partial charge in [0.25, 0.3) is 0 Å². The number of sulfonamides is 1. The molecule has 23 heavy (non-hydrogen) atoms. The van der Waals surface area contributed by atoms with Crippen molar-refractivity contribution >= 4 is 39.0 Å². The molecule has 0 radical (unpaired) electrons. The molecule has 5 nitrogen and oxygen atoms in total. The van der Waals surface area contributed by atoms with Gasteiger partial charge in [-0.25, -0.2) is 13.1 Å². The summed E-state index contributed by atoms with van der Waals surface area (Å²) >= 11 is 2.77. The molecule has 1 amide bonds. The summed E-state index contributed by atoms with van der Waals surface area (Å²) in [5.74, 6) is 0.520. The molecule has 1 aromatic heterocycles. The number of carbonyl (C=O) groups excluding carboxylic acids is 1. The second-order valence-electron chi connectivity index (χ2n) is 4.69. The van der Waals surface area contributed by atoms with Crippen molar-refractivity contribution in [2.24, 2.45) is 0 Å². The molecule has 0 bridgehead atoms. The number of amides is 1. The summed E-state index contributed by atoms with van der Waals surface area (Å²) in [6.45, 7) is 2.14. The molecule has 0 spiro atoms. The van der Waals surface area contributed by atoms with Gasteiger partial charge >= 0.3 is 0 Å². The third kappa shape index (κ3) is 5.98. The van der Waals surface area contributed by atoms with Gasteiger partial charge in [-0.1, -0.05) is 18.2 Å². The largest absolute Gasteiger partial charge is 0.351 e. The first-order valence-electron chi connectivity index (χ1n) is 6.98. The van der Waals surface area contributed by atoms with Crippen LogP contribution in [-0.4, -0.2) is 26.6 Å². The molecular weight excluding hydrogens is 352 g/mol. The lowest BCUT2D eigenvalue weighted by molar-refractivity contribution is -0.119. The van der Waals surface area contributed by atoms with Crippen molar-refractivity contribution in [3.05, 3.63) is 47.3 Å². The van der Waals surface area contributed by atoms with Crippen molar-refractivity contribution < 1.29 is 13.2 Å². The third-order valence-electron chi connectivity index (χ3n) is 2.82. The van der Waals surface area contributed by atoms with Gasteiger partial charge in [-0.2, -0.15) is 0 Å². The minimum atomic E-state index is -3.49. The van der Waals surface area contributed by atoms with Crippen LogP contribution in [0.5, 0.6) is 0 Å². The highest BCUT2D eigenvalue weighted by atomic mass is 32.2. The van der Waals surface area contributed by atoms with Crippen LogP contribution in [0.15, 0.2) is 51.6 Å². The quantitative estimate of drug-likeness (QED) is 0.553. The standard InChI is InChI=1S/C15H18N2O3S3/c1-12(18)16-11-14-7-8-15(22-14)23(19,20)17-9-10-21-13-5-3-2-4-6-13/h2-8,17H,9-11H2,1H3,(H,16,18). The van der Waals surface area contributed by atoms with E-state index >= 15 is 0 Å². The van der Waals surface area contributed by atoms with Crippen LogP contribution >= 0.6 is 23.1 Å². The number of thiophene rings is 1. The molecule has 2 rings (SSSR count). The Balaban J connectivity index is 1.83. The summed E-state index contributed by atoms with van der Waals surface area (Å²) in [5, 5.41) is 2.65. The molecule has 0 aliphatic carbocycles. The van der Waals surface area contributed by atoms with E-state index in [1.807, 2.05) is 30.3 Å². The molecule has 0 atom stereocenters. The van der Waals surface area contributed by atoms with Crippen LogP contribution in [-0.2, 0) is 21.4 Å². The van der Waals surface area contributed by atoms with Crippen LogP contribution in [0.3, 0.4) is 0 Å². The van der Waals surface area contributed by atoms with Crippen LogP contribution in [0.4, 0.5) is 0 Å². The molecule has 0 fully saturated rings. The van der Waals surface area contributed by atoms with E-state index in [1.165, 1.54) is 6.92 Å². The predicted molar refractivity (Wildman–Crippen MR) is 94.2 cm³/mol. The molecule has 2 N–H and O–H groups in total. The maximum atomic E-state index is 12.2. The van der Waals surface area contributed by atoms with Crippen molar-refractivity contribution in [3.63, 3.8) is 0 Å². The van der Waals surface area contributed by atoms with Crippen LogP contribution in [0.25, 0.3) is 0 Å².